The summed E-state index contributed by atoms with van der Waals surface area (Å²) in [5.41, 5.74) is 18.8. The highest BCUT2D eigenvalue weighted by Gasteiger charge is 2.46. The summed E-state index contributed by atoms with van der Waals surface area (Å²) in [5.74, 6) is 0. The molecule has 2 aliphatic rings. The fourth-order valence-corrected chi connectivity index (χ4v) is 14.1. The summed E-state index contributed by atoms with van der Waals surface area (Å²) in [5, 5.41) is 1.77. The van der Waals surface area contributed by atoms with Crippen molar-refractivity contribution in [2.75, 3.05) is 0 Å². The fourth-order valence-electron chi connectivity index (χ4n) is 9.53. The molecule has 1 heteroatoms. The highest BCUT2D eigenvalue weighted by atomic mass is 28.3. The number of unbranched alkanes of at least 4 members (excludes halogenated alkanes) is 6. The van der Waals surface area contributed by atoms with E-state index in [-0.39, 0.29) is 10.8 Å². The predicted octanol–water partition coefficient (Wildman–Crippen LogP) is 15.8. The third-order valence-electron chi connectivity index (χ3n) is 12.4. The smallest absolute Gasteiger partial charge is 0.0659 e. The summed E-state index contributed by atoms with van der Waals surface area (Å²) in [7, 11) is -2.20. The van der Waals surface area contributed by atoms with Crippen LogP contribution in [0.25, 0.3) is 33.5 Å². The van der Waals surface area contributed by atoms with Crippen LogP contribution in [0.3, 0.4) is 0 Å². The zero-order valence-electron chi connectivity index (χ0n) is 35.0. The second kappa shape index (κ2) is 16.1. The number of hydrogen-bond donors (Lipinski definition) is 0. The maximum Gasteiger partial charge on any atom is 0.0931 e. The van der Waals surface area contributed by atoms with Gasteiger partial charge >= 0.3 is 0 Å². The summed E-state index contributed by atoms with van der Waals surface area (Å²) in [6.07, 6.45) is 16.7. The molecular formula is C52H68Si. The Morgan fingerprint density at radius 3 is 1.68 bits per heavy atom. The van der Waals surface area contributed by atoms with Gasteiger partial charge in [0, 0.05) is 5.54 Å². The van der Waals surface area contributed by atoms with Crippen molar-refractivity contribution in [3.05, 3.63) is 129 Å². The van der Waals surface area contributed by atoms with E-state index in [1.807, 2.05) is 0 Å². The van der Waals surface area contributed by atoms with E-state index in [1.165, 1.54) is 103 Å². The molecule has 0 bridgehead atoms. The Kier molecular flexibility index (Phi) is 11.9. The first-order chi connectivity index (χ1) is 25.3. The number of benzene rings is 4. The molecule has 4 aromatic rings. The molecule has 6 rings (SSSR count). The van der Waals surface area contributed by atoms with Crippen LogP contribution in [0.15, 0.2) is 96.1 Å². The van der Waals surface area contributed by atoms with Crippen molar-refractivity contribution in [3.8, 4) is 22.3 Å². The Balaban J connectivity index is 1.52. The van der Waals surface area contributed by atoms with Crippen LogP contribution in [0.2, 0.25) is 13.1 Å². The average molecular weight is 721 g/mol. The van der Waals surface area contributed by atoms with E-state index >= 15 is 0 Å². The quantitative estimate of drug-likeness (QED) is 0.0899. The summed E-state index contributed by atoms with van der Waals surface area (Å²) in [6.45, 7) is 24.1. The van der Waals surface area contributed by atoms with Crippen molar-refractivity contribution >= 4 is 19.3 Å². The molecule has 0 N–H and O–H groups in total. The second-order valence-electron chi connectivity index (χ2n) is 19.0. The van der Waals surface area contributed by atoms with E-state index in [2.05, 4.69) is 159 Å². The van der Waals surface area contributed by atoms with E-state index in [0.29, 0.717) is 5.54 Å². The van der Waals surface area contributed by atoms with Gasteiger partial charge in [0.25, 0.3) is 0 Å². The lowest BCUT2D eigenvalue weighted by atomic mass is 9.85. The molecule has 1 atom stereocenters. The van der Waals surface area contributed by atoms with Gasteiger partial charge in [-0.15, -0.1) is 0 Å². The van der Waals surface area contributed by atoms with Gasteiger partial charge in [-0.05, 0) is 98.6 Å². The molecule has 280 valence electrons. The van der Waals surface area contributed by atoms with Crippen LogP contribution in [0.1, 0.15) is 159 Å². The highest BCUT2D eigenvalue weighted by molar-refractivity contribution is 6.96. The van der Waals surface area contributed by atoms with Crippen LogP contribution in [-0.2, 0) is 17.3 Å². The first-order valence-corrected chi connectivity index (χ1v) is 24.2. The SMILES string of the molecule is CCCCCCC1=Cc2cccc(-c3ccc(C(C)(C)C)cc3)c2C1[Si](C)(C)C1=C(CCCCCC)Cc2cccc(-c3ccc(C(C)(C)C)cc3)c21. The van der Waals surface area contributed by atoms with Crippen LogP contribution in [-0.4, -0.2) is 8.07 Å². The molecular weight excluding hydrogens is 653 g/mol. The number of fused-ring (bicyclic) bond motifs is 2. The van der Waals surface area contributed by atoms with Crippen LogP contribution < -0.4 is 0 Å². The third-order valence-corrected chi connectivity index (χ3v) is 16.4. The zero-order valence-corrected chi connectivity index (χ0v) is 36.0. The Morgan fingerprint density at radius 2 is 1.11 bits per heavy atom. The number of rotatable bonds is 14. The molecule has 2 aliphatic carbocycles. The van der Waals surface area contributed by atoms with E-state index in [1.54, 1.807) is 33.0 Å². The van der Waals surface area contributed by atoms with Gasteiger partial charge in [0.15, 0.2) is 0 Å². The maximum absolute atomic E-state index is 2.75. The molecule has 0 spiro atoms. The van der Waals surface area contributed by atoms with Crippen LogP contribution in [0.5, 0.6) is 0 Å². The van der Waals surface area contributed by atoms with Gasteiger partial charge in [-0.3, -0.25) is 0 Å². The lowest BCUT2D eigenvalue weighted by Crippen LogP contribution is -2.38. The first-order valence-electron chi connectivity index (χ1n) is 21.2. The highest BCUT2D eigenvalue weighted by Crippen LogP contribution is 2.55. The lowest BCUT2D eigenvalue weighted by Gasteiger charge is -2.37. The van der Waals surface area contributed by atoms with Gasteiger partial charge in [-0.25, -0.2) is 0 Å². The van der Waals surface area contributed by atoms with Gasteiger partial charge in [0.05, 0.1) is 8.07 Å². The fraction of sp³-hybridized carbons (Fsp3) is 0.462. The van der Waals surface area contributed by atoms with E-state index in [9.17, 15) is 0 Å². The molecule has 1 unspecified atom stereocenters. The van der Waals surface area contributed by atoms with E-state index in [4.69, 9.17) is 0 Å². The van der Waals surface area contributed by atoms with Crippen molar-refractivity contribution in [1.29, 1.82) is 0 Å². The van der Waals surface area contributed by atoms with E-state index in [0.717, 1.165) is 6.42 Å². The topological polar surface area (TPSA) is 0 Å². The maximum atomic E-state index is 2.75. The van der Waals surface area contributed by atoms with Gasteiger partial charge in [0.2, 0.25) is 0 Å². The van der Waals surface area contributed by atoms with Crippen molar-refractivity contribution in [3.63, 3.8) is 0 Å². The molecule has 0 amide bonds. The Morgan fingerprint density at radius 1 is 0.585 bits per heavy atom. The molecule has 4 aromatic carbocycles. The average Bonchev–Trinajstić information content (AvgIpc) is 3.70. The predicted molar refractivity (Wildman–Crippen MR) is 237 cm³/mol. The van der Waals surface area contributed by atoms with Gasteiger partial charge < -0.3 is 0 Å². The van der Waals surface area contributed by atoms with Gasteiger partial charge in [-0.1, -0.05) is 214 Å². The summed E-state index contributed by atoms with van der Waals surface area (Å²) >= 11 is 0. The summed E-state index contributed by atoms with van der Waals surface area (Å²) < 4.78 is 0. The number of allylic oxidation sites excluding steroid dienone is 2. The summed E-state index contributed by atoms with van der Waals surface area (Å²) in [6, 6.07) is 33.5. The van der Waals surface area contributed by atoms with Crippen LogP contribution >= 0.6 is 0 Å². The second-order valence-corrected chi connectivity index (χ2v) is 23.5. The molecule has 0 radical (unpaired) electrons. The Bertz CT molecular complexity index is 1930. The molecule has 0 saturated heterocycles. The monoisotopic (exact) mass is 721 g/mol. The largest absolute Gasteiger partial charge is 0.0931 e. The minimum absolute atomic E-state index is 0.141. The Labute approximate surface area is 325 Å². The minimum Gasteiger partial charge on any atom is -0.0659 e. The normalized spacial score (nSPS) is 15.9. The minimum atomic E-state index is -2.20. The van der Waals surface area contributed by atoms with Crippen LogP contribution in [0, 0.1) is 0 Å². The molecule has 0 nitrogen and oxygen atoms in total. The van der Waals surface area contributed by atoms with Crippen molar-refractivity contribution < 1.29 is 0 Å². The zero-order chi connectivity index (χ0) is 38.0. The molecule has 0 aliphatic heterocycles. The molecule has 0 saturated carbocycles. The molecule has 0 fully saturated rings. The van der Waals surface area contributed by atoms with Gasteiger partial charge in [-0.2, -0.15) is 0 Å². The summed E-state index contributed by atoms with van der Waals surface area (Å²) in [4.78, 5) is 0. The third kappa shape index (κ3) is 8.32. The van der Waals surface area contributed by atoms with Crippen molar-refractivity contribution in [1.82, 2.24) is 0 Å². The first kappa shape index (κ1) is 39.3. The number of hydrogen-bond acceptors (Lipinski definition) is 0. The molecule has 0 heterocycles. The standard InChI is InChI=1S/C52H68Si/c1-11-13-15-17-21-41-35-39-23-19-25-45(37-27-31-43(32-28-37)51(3,4)5)47(39)49(41)53(9,10)50-42(22-18-16-14-12-2)36-40-24-20-26-46(48(40)50)38-29-33-44(34-30-38)52(6,7)8/h19-20,23-35,49H,11-18,21-22,36H2,1-10H3. The van der Waals surface area contributed by atoms with Crippen molar-refractivity contribution in [2.24, 2.45) is 0 Å². The molecule has 0 aromatic heterocycles. The molecule has 53 heavy (non-hydrogen) atoms. The Hall–Kier alpha value is -3.42. The lowest BCUT2D eigenvalue weighted by molar-refractivity contribution is 0.590. The van der Waals surface area contributed by atoms with E-state index < -0.39 is 8.07 Å². The van der Waals surface area contributed by atoms with Gasteiger partial charge in [0.1, 0.15) is 0 Å². The van der Waals surface area contributed by atoms with Crippen LogP contribution in [0.4, 0.5) is 0 Å². The van der Waals surface area contributed by atoms with Crippen molar-refractivity contribution in [2.45, 2.75) is 155 Å².